The first-order chi connectivity index (χ1) is 10.9. The molecule has 122 valence electrons. The summed E-state index contributed by atoms with van der Waals surface area (Å²) in [4.78, 5) is 12.1. The van der Waals surface area contributed by atoms with Crippen LogP contribution in [0.5, 0.6) is 5.75 Å². The fourth-order valence-electron chi connectivity index (χ4n) is 1.91. The van der Waals surface area contributed by atoms with Crippen LogP contribution in [-0.2, 0) is 6.61 Å². The Bertz CT molecular complexity index is 741. The maximum absolute atomic E-state index is 12.1. The van der Waals surface area contributed by atoms with E-state index in [4.69, 9.17) is 27.9 Å². The SMILES string of the molecule is COc1cc(Br)cc(NC(=O)Nc2cc(Cl)cc(Cl)c2CO)c1. The second-order valence-electron chi connectivity index (χ2n) is 4.53. The van der Waals surface area contributed by atoms with Gasteiger partial charge in [0.1, 0.15) is 5.75 Å². The number of carbonyl (C=O) groups excluding carboxylic acids is 1. The lowest BCUT2D eigenvalue weighted by molar-refractivity contribution is 0.262. The van der Waals surface area contributed by atoms with Crippen LogP contribution in [0.25, 0.3) is 0 Å². The Morgan fingerprint density at radius 2 is 1.96 bits per heavy atom. The van der Waals surface area contributed by atoms with Crippen LogP contribution in [0.1, 0.15) is 5.56 Å². The molecule has 8 heteroatoms. The van der Waals surface area contributed by atoms with Crippen molar-refractivity contribution in [3.8, 4) is 5.75 Å². The number of rotatable bonds is 4. The Hall–Kier alpha value is -1.47. The average molecular weight is 420 g/mol. The summed E-state index contributed by atoms with van der Waals surface area (Å²) in [6.45, 7) is -0.323. The fourth-order valence-corrected chi connectivity index (χ4v) is 2.94. The minimum Gasteiger partial charge on any atom is -0.497 e. The van der Waals surface area contributed by atoms with Gasteiger partial charge >= 0.3 is 6.03 Å². The zero-order chi connectivity index (χ0) is 17.0. The normalized spacial score (nSPS) is 10.3. The van der Waals surface area contributed by atoms with Gasteiger partial charge in [-0.2, -0.15) is 0 Å². The number of amides is 2. The largest absolute Gasteiger partial charge is 0.497 e. The fraction of sp³-hybridized carbons (Fsp3) is 0.133. The highest BCUT2D eigenvalue weighted by Crippen LogP contribution is 2.30. The molecule has 23 heavy (non-hydrogen) atoms. The molecule has 0 fully saturated rings. The number of halogens is 3. The molecule has 0 spiro atoms. The van der Waals surface area contributed by atoms with Crippen molar-refractivity contribution < 1.29 is 14.6 Å². The molecule has 0 aliphatic heterocycles. The minimum atomic E-state index is -0.502. The quantitative estimate of drug-likeness (QED) is 0.659. The lowest BCUT2D eigenvalue weighted by atomic mass is 10.2. The number of carbonyl (C=O) groups is 1. The standard InChI is InChI=1S/C15H13BrCl2N2O3/c1-23-11-3-8(16)2-10(6-11)19-15(22)20-14-5-9(17)4-13(18)12(14)7-21/h2-6,21H,7H2,1H3,(H2,19,20,22). The second kappa shape index (κ2) is 7.88. The lowest BCUT2D eigenvalue weighted by Crippen LogP contribution is -2.20. The van der Waals surface area contributed by atoms with E-state index in [1.165, 1.54) is 19.2 Å². The van der Waals surface area contributed by atoms with E-state index in [1.54, 1.807) is 18.2 Å². The molecule has 5 nitrogen and oxygen atoms in total. The van der Waals surface area contributed by atoms with Crippen LogP contribution in [0.4, 0.5) is 16.2 Å². The van der Waals surface area contributed by atoms with Crippen molar-refractivity contribution in [3.05, 3.63) is 50.4 Å². The van der Waals surface area contributed by atoms with Crippen LogP contribution >= 0.6 is 39.1 Å². The molecular weight excluding hydrogens is 407 g/mol. The minimum absolute atomic E-state index is 0.277. The number of aliphatic hydroxyl groups is 1. The molecule has 0 aliphatic carbocycles. The first-order valence-corrected chi connectivity index (χ1v) is 7.99. The van der Waals surface area contributed by atoms with Crippen molar-refractivity contribution in [2.75, 3.05) is 17.7 Å². The van der Waals surface area contributed by atoms with Gasteiger partial charge in [0, 0.05) is 31.8 Å². The van der Waals surface area contributed by atoms with Crippen molar-refractivity contribution >= 4 is 56.5 Å². The molecule has 2 aromatic carbocycles. The van der Waals surface area contributed by atoms with Crippen molar-refractivity contribution in [2.45, 2.75) is 6.61 Å². The summed E-state index contributed by atoms with van der Waals surface area (Å²) < 4.78 is 5.89. The zero-order valence-electron chi connectivity index (χ0n) is 12.0. The van der Waals surface area contributed by atoms with Crippen molar-refractivity contribution in [1.29, 1.82) is 0 Å². The maximum Gasteiger partial charge on any atom is 0.323 e. The van der Waals surface area contributed by atoms with Crippen LogP contribution < -0.4 is 15.4 Å². The van der Waals surface area contributed by atoms with E-state index in [0.29, 0.717) is 27.7 Å². The van der Waals surface area contributed by atoms with E-state index < -0.39 is 6.03 Å². The third-order valence-electron chi connectivity index (χ3n) is 2.93. The van der Waals surface area contributed by atoms with Crippen LogP contribution in [0.3, 0.4) is 0 Å². The van der Waals surface area contributed by atoms with Crippen LogP contribution in [-0.4, -0.2) is 18.2 Å². The molecule has 3 N–H and O–H groups in total. The van der Waals surface area contributed by atoms with Crippen LogP contribution in [0, 0.1) is 0 Å². The number of nitrogens with one attached hydrogen (secondary N) is 2. The number of anilines is 2. The summed E-state index contributed by atoms with van der Waals surface area (Å²) in [6.07, 6.45) is 0. The van der Waals surface area contributed by atoms with E-state index in [-0.39, 0.29) is 11.6 Å². The highest BCUT2D eigenvalue weighted by Gasteiger charge is 2.12. The summed E-state index contributed by atoms with van der Waals surface area (Å²) in [5.41, 5.74) is 1.26. The number of methoxy groups -OCH3 is 1. The van der Waals surface area contributed by atoms with Gasteiger partial charge in [-0.25, -0.2) is 4.79 Å². The van der Waals surface area contributed by atoms with Gasteiger partial charge in [-0.15, -0.1) is 0 Å². The Morgan fingerprint density at radius 3 is 2.61 bits per heavy atom. The Labute approximate surface area is 151 Å². The second-order valence-corrected chi connectivity index (χ2v) is 6.29. The van der Waals surface area contributed by atoms with E-state index in [9.17, 15) is 9.90 Å². The number of urea groups is 1. The third-order valence-corrected chi connectivity index (χ3v) is 3.94. The zero-order valence-corrected chi connectivity index (χ0v) is 15.1. The topological polar surface area (TPSA) is 70.6 Å². The van der Waals surface area contributed by atoms with Gasteiger partial charge in [0.15, 0.2) is 0 Å². The first-order valence-electron chi connectivity index (χ1n) is 6.44. The molecule has 0 saturated carbocycles. The van der Waals surface area contributed by atoms with Crippen LogP contribution in [0.15, 0.2) is 34.8 Å². The summed E-state index contributed by atoms with van der Waals surface area (Å²) >= 11 is 15.3. The lowest BCUT2D eigenvalue weighted by Gasteiger charge is -2.13. The van der Waals surface area contributed by atoms with Gasteiger partial charge in [0.25, 0.3) is 0 Å². The molecule has 0 aromatic heterocycles. The van der Waals surface area contributed by atoms with Gasteiger partial charge in [0.05, 0.1) is 19.4 Å². The Morgan fingerprint density at radius 1 is 1.22 bits per heavy atom. The summed E-state index contributed by atoms with van der Waals surface area (Å²) in [7, 11) is 1.53. The Kier molecular flexibility index (Phi) is 6.12. The molecule has 2 amide bonds. The van der Waals surface area contributed by atoms with E-state index in [1.807, 2.05) is 0 Å². The monoisotopic (exact) mass is 418 g/mol. The van der Waals surface area contributed by atoms with Gasteiger partial charge < -0.3 is 20.5 Å². The predicted molar refractivity (Wildman–Crippen MR) is 95.7 cm³/mol. The molecule has 2 rings (SSSR count). The molecule has 0 radical (unpaired) electrons. The highest BCUT2D eigenvalue weighted by atomic mass is 79.9. The molecule has 0 atom stereocenters. The molecular formula is C15H13BrCl2N2O3. The van der Waals surface area contributed by atoms with E-state index in [2.05, 4.69) is 26.6 Å². The molecule has 0 bridgehead atoms. The van der Waals surface area contributed by atoms with Gasteiger partial charge in [-0.3, -0.25) is 0 Å². The predicted octanol–water partition coefficient (Wildman–Crippen LogP) is 4.90. The third kappa shape index (κ3) is 4.75. The molecule has 2 aromatic rings. The van der Waals surface area contributed by atoms with Crippen molar-refractivity contribution in [1.82, 2.24) is 0 Å². The van der Waals surface area contributed by atoms with Gasteiger partial charge in [-0.1, -0.05) is 39.1 Å². The number of benzene rings is 2. The van der Waals surface area contributed by atoms with Gasteiger partial charge in [-0.05, 0) is 24.3 Å². The maximum atomic E-state index is 12.1. The number of aliphatic hydroxyl groups excluding tert-OH is 1. The molecule has 0 aliphatic rings. The molecule has 0 saturated heterocycles. The number of hydrogen-bond acceptors (Lipinski definition) is 3. The van der Waals surface area contributed by atoms with E-state index >= 15 is 0 Å². The molecule has 0 heterocycles. The highest BCUT2D eigenvalue weighted by molar-refractivity contribution is 9.10. The number of ether oxygens (including phenoxy) is 1. The summed E-state index contributed by atoms with van der Waals surface area (Å²) in [5, 5.41) is 15.3. The van der Waals surface area contributed by atoms with Gasteiger partial charge in [0.2, 0.25) is 0 Å². The first kappa shape index (κ1) is 17.9. The van der Waals surface area contributed by atoms with Crippen molar-refractivity contribution in [3.63, 3.8) is 0 Å². The summed E-state index contributed by atoms with van der Waals surface area (Å²) in [6, 6.07) is 7.67. The van der Waals surface area contributed by atoms with Crippen LogP contribution in [0.2, 0.25) is 10.0 Å². The van der Waals surface area contributed by atoms with E-state index in [0.717, 1.165) is 4.47 Å². The Balaban J connectivity index is 2.19. The smallest absolute Gasteiger partial charge is 0.323 e. The summed E-state index contributed by atoms with van der Waals surface area (Å²) in [5.74, 6) is 0.594. The molecule has 0 unspecified atom stereocenters. The van der Waals surface area contributed by atoms with Crippen molar-refractivity contribution in [2.24, 2.45) is 0 Å². The number of hydrogen-bond donors (Lipinski definition) is 3. The average Bonchev–Trinajstić information content (AvgIpc) is 2.45.